The van der Waals surface area contributed by atoms with E-state index in [1.165, 1.54) is 7.11 Å². The van der Waals surface area contributed by atoms with Crippen LogP contribution in [-0.4, -0.2) is 61.8 Å². The summed E-state index contributed by atoms with van der Waals surface area (Å²) >= 11 is 0. The van der Waals surface area contributed by atoms with E-state index in [0.29, 0.717) is 37.8 Å². The number of amides is 2. The number of para-hydroxylation sites is 1. The zero-order valence-corrected chi connectivity index (χ0v) is 18.3. The van der Waals surface area contributed by atoms with Crippen LogP contribution in [0.25, 0.3) is 0 Å². The highest BCUT2D eigenvalue weighted by molar-refractivity contribution is 5.95. The molecule has 8 nitrogen and oxygen atoms in total. The van der Waals surface area contributed by atoms with Gasteiger partial charge in [-0.1, -0.05) is 32.0 Å². The summed E-state index contributed by atoms with van der Waals surface area (Å²) in [5.74, 6) is 0.839. The Labute approximate surface area is 183 Å². The Bertz CT molecular complexity index is 897. The smallest absolute Gasteiger partial charge is 0.409 e. The first-order valence-corrected chi connectivity index (χ1v) is 10.6. The molecule has 8 heteroatoms. The predicted molar refractivity (Wildman–Crippen MR) is 120 cm³/mol. The van der Waals surface area contributed by atoms with Crippen LogP contribution in [0.5, 0.6) is 5.75 Å². The van der Waals surface area contributed by atoms with Crippen molar-refractivity contribution in [1.82, 2.24) is 9.88 Å². The standard InChI is InChI=1S/C23H30N4O4/c1-4-17(2)18-7-5-6-8-21(18)31-16-22(28)25-19-15-24-10-9-20(19)26-11-13-27(14-12-26)23(29)30-3/h5-10,15,17H,4,11-14,16H2,1-3H3,(H,25,28). The van der Waals surface area contributed by atoms with Crippen molar-refractivity contribution in [3.63, 3.8) is 0 Å². The number of pyridine rings is 1. The molecule has 2 aromatic rings. The second kappa shape index (κ2) is 10.7. The highest BCUT2D eigenvalue weighted by Crippen LogP contribution is 2.29. The number of nitrogens with zero attached hydrogens (tertiary/aromatic N) is 3. The number of hydrogen-bond acceptors (Lipinski definition) is 6. The van der Waals surface area contributed by atoms with E-state index in [0.717, 1.165) is 23.4 Å². The molecule has 1 N–H and O–H groups in total. The van der Waals surface area contributed by atoms with Gasteiger partial charge in [-0.05, 0) is 30.0 Å². The van der Waals surface area contributed by atoms with E-state index in [2.05, 4.69) is 29.0 Å². The van der Waals surface area contributed by atoms with Crippen LogP contribution < -0.4 is 15.0 Å². The number of nitrogens with one attached hydrogen (secondary N) is 1. The normalized spacial score (nSPS) is 14.7. The number of piperazine rings is 1. The fourth-order valence-corrected chi connectivity index (χ4v) is 3.59. The Morgan fingerprint density at radius 1 is 1.16 bits per heavy atom. The van der Waals surface area contributed by atoms with Gasteiger partial charge < -0.3 is 24.6 Å². The monoisotopic (exact) mass is 426 g/mol. The van der Waals surface area contributed by atoms with Crippen molar-refractivity contribution < 1.29 is 19.1 Å². The summed E-state index contributed by atoms with van der Waals surface area (Å²) in [5, 5.41) is 2.91. The Morgan fingerprint density at radius 3 is 2.61 bits per heavy atom. The second-order valence-electron chi connectivity index (χ2n) is 7.52. The van der Waals surface area contributed by atoms with E-state index in [1.807, 2.05) is 30.3 Å². The third-order valence-electron chi connectivity index (χ3n) is 5.55. The number of methoxy groups -OCH3 is 1. The molecule has 1 fully saturated rings. The third kappa shape index (κ3) is 5.65. The summed E-state index contributed by atoms with van der Waals surface area (Å²) < 4.78 is 10.6. The lowest BCUT2D eigenvalue weighted by Crippen LogP contribution is -2.49. The van der Waals surface area contributed by atoms with E-state index in [4.69, 9.17) is 9.47 Å². The summed E-state index contributed by atoms with van der Waals surface area (Å²) in [7, 11) is 1.38. The van der Waals surface area contributed by atoms with Gasteiger partial charge in [-0.25, -0.2) is 4.79 Å². The highest BCUT2D eigenvalue weighted by Gasteiger charge is 2.23. The van der Waals surface area contributed by atoms with Crippen LogP contribution in [0.1, 0.15) is 31.7 Å². The Morgan fingerprint density at radius 2 is 1.90 bits per heavy atom. The number of anilines is 2. The third-order valence-corrected chi connectivity index (χ3v) is 5.55. The van der Waals surface area contributed by atoms with Crippen LogP contribution >= 0.6 is 0 Å². The van der Waals surface area contributed by atoms with E-state index in [-0.39, 0.29) is 18.6 Å². The molecule has 1 aromatic heterocycles. The molecule has 31 heavy (non-hydrogen) atoms. The Hall–Kier alpha value is -3.29. The summed E-state index contributed by atoms with van der Waals surface area (Å²) in [5.41, 5.74) is 2.59. The molecule has 1 atom stereocenters. The van der Waals surface area contributed by atoms with Gasteiger partial charge in [-0.3, -0.25) is 9.78 Å². The van der Waals surface area contributed by atoms with Crippen LogP contribution in [0.2, 0.25) is 0 Å². The van der Waals surface area contributed by atoms with Gasteiger partial charge >= 0.3 is 6.09 Å². The highest BCUT2D eigenvalue weighted by atomic mass is 16.5. The van der Waals surface area contributed by atoms with Crippen LogP contribution in [0.15, 0.2) is 42.7 Å². The molecule has 0 saturated carbocycles. The number of ether oxygens (including phenoxy) is 2. The minimum Gasteiger partial charge on any atom is -0.483 e. The minimum atomic E-state index is -0.322. The Kier molecular flexibility index (Phi) is 7.70. The number of benzene rings is 1. The molecule has 1 aromatic carbocycles. The zero-order valence-electron chi connectivity index (χ0n) is 18.3. The van der Waals surface area contributed by atoms with E-state index in [1.54, 1.807) is 17.3 Å². The van der Waals surface area contributed by atoms with Gasteiger partial charge in [0.25, 0.3) is 5.91 Å². The quantitative estimate of drug-likeness (QED) is 0.730. The summed E-state index contributed by atoms with van der Waals surface area (Å²) in [6.07, 6.45) is 4.00. The van der Waals surface area contributed by atoms with Gasteiger partial charge in [0.1, 0.15) is 5.75 Å². The molecule has 1 aliphatic heterocycles. The van der Waals surface area contributed by atoms with Gasteiger partial charge in [0.2, 0.25) is 0 Å². The molecule has 0 aliphatic carbocycles. The van der Waals surface area contributed by atoms with Gasteiger partial charge in [-0.2, -0.15) is 0 Å². The number of carbonyl (C=O) groups is 2. The van der Waals surface area contributed by atoms with Gasteiger partial charge in [0, 0.05) is 32.4 Å². The fourth-order valence-electron chi connectivity index (χ4n) is 3.59. The largest absolute Gasteiger partial charge is 0.483 e. The summed E-state index contributed by atoms with van der Waals surface area (Å²) in [6.45, 7) is 6.57. The van der Waals surface area contributed by atoms with Crippen LogP contribution in [0.4, 0.5) is 16.2 Å². The number of aromatic nitrogens is 1. The zero-order chi connectivity index (χ0) is 22.2. The molecule has 2 amide bonds. The molecule has 0 bridgehead atoms. The molecule has 0 radical (unpaired) electrons. The average molecular weight is 427 g/mol. The lowest BCUT2D eigenvalue weighted by atomic mass is 9.98. The Balaban J connectivity index is 1.61. The van der Waals surface area contributed by atoms with Crippen LogP contribution in [0.3, 0.4) is 0 Å². The van der Waals surface area contributed by atoms with Crippen molar-refractivity contribution in [3.05, 3.63) is 48.3 Å². The first kappa shape index (κ1) is 22.4. The molecule has 0 spiro atoms. The number of hydrogen-bond donors (Lipinski definition) is 1. The van der Waals surface area contributed by atoms with Gasteiger partial charge in [-0.15, -0.1) is 0 Å². The van der Waals surface area contributed by atoms with Crippen LogP contribution in [0, 0.1) is 0 Å². The van der Waals surface area contributed by atoms with Crippen molar-refractivity contribution in [2.75, 3.05) is 50.1 Å². The molecular formula is C23H30N4O4. The summed E-state index contributed by atoms with van der Waals surface area (Å²) in [6, 6.07) is 9.69. The maximum absolute atomic E-state index is 12.6. The SMILES string of the molecule is CCC(C)c1ccccc1OCC(=O)Nc1cnccc1N1CCN(C(=O)OC)CC1. The van der Waals surface area contributed by atoms with E-state index in [9.17, 15) is 9.59 Å². The van der Waals surface area contributed by atoms with Crippen molar-refractivity contribution >= 4 is 23.4 Å². The van der Waals surface area contributed by atoms with Crippen molar-refractivity contribution in [2.24, 2.45) is 0 Å². The number of rotatable bonds is 7. The van der Waals surface area contributed by atoms with Crippen molar-refractivity contribution in [3.8, 4) is 5.75 Å². The molecule has 1 aliphatic rings. The predicted octanol–water partition coefficient (Wildman–Crippen LogP) is 3.50. The first-order valence-electron chi connectivity index (χ1n) is 10.6. The molecule has 166 valence electrons. The maximum atomic E-state index is 12.6. The van der Waals surface area contributed by atoms with Crippen molar-refractivity contribution in [1.29, 1.82) is 0 Å². The van der Waals surface area contributed by atoms with E-state index >= 15 is 0 Å². The van der Waals surface area contributed by atoms with Gasteiger partial charge in [0.15, 0.2) is 6.61 Å². The topological polar surface area (TPSA) is 84.0 Å². The molecule has 1 unspecified atom stereocenters. The van der Waals surface area contributed by atoms with E-state index < -0.39 is 0 Å². The molecular weight excluding hydrogens is 396 g/mol. The van der Waals surface area contributed by atoms with Gasteiger partial charge in [0.05, 0.1) is 24.7 Å². The second-order valence-corrected chi connectivity index (χ2v) is 7.52. The van der Waals surface area contributed by atoms with Crippen molar-refractivity contribution in [2.45, 2.75) is 26.2 Å². The lowest BCUT2D eigenvalue weighted by molar-refractivity contribution is -0.118. The molecule has 1 saturated heterocycles. The fraction of sp³-hybridized carbons (Fsp3) is 0.435. The van der Waals surface area contributed by atoms with Crippen LogP contribution in [-0.2, 0) is 9.53 Å². The summed E-state index contributed by atoms with van der Waals surface area (Å²) in [4.78, 5) is 32.2. The lowest BCUT2D eigenvalue weighted by Gasteiger charge is -2.36. The average Bonchev–Trinajstić information content (AvgIpc) is 2.82. The minimum absolute atomic E-state index is 0.0854. The molecule has 3 rings (SSSR count). The molecule has 2 heterocycles. The maximum Gasteiger partial charge on any atom is 0.409 e. The first-order chi connectivity index (χ1) is 15.0. The number of carbonyl (C=O) groups excluding carboxylic acids is 2.